The zero-order valence-corrected chi connectivity index (χ0v) is 14.7. The Morgan fingerprint density at radius 3 is 2.61 bits per heavy atom. The number of likely N-dealkylation sites (tertiary alicyclic amines) is 1. The number of amides is 2. The molecule has 2 atom stereocenters. The summed E-state index contributed by atoms with van der Waals surface area (Å²) in [5.41, 5.74) is 0. The maximum Gasteiger partial charge on any atom is 0.317 e. The fourth-order valence-electron chi connectivity index (χ4n) is 3.01. The number of sulfone groups is 1. The minimum atomic E-state index is -3.27. The quantitative estimate of drug-likeness (QED) is 0.840. The zero-order valence-electron chi connectivity index (χ0n) is 13.9. The minimum Gasteiger partial charge on any atom is -0.338 e. The maximum atomic E-state index is 12.2. The summed E-state index contributed by atoms with van der Waals surface area (Å²) in [7, 11) is -3.27. The van der Waals surface area contributed by atoms with Crippen LogP contribution >= 0.6 is 0 Å². The summed E-state index contributed by atoms with van der Waals surface area (Å²) in [6.45, 7) is 5.43. The molecule has 1 aromatic rings. The van der Waals surface area contributed by atoms with Crippen molar-refractivity contribution in [2.45, 2.75) is 44.0 Å². The Morgan fingerprint density at radius 1 is 1.26 bits per heavy atom. The smallest absolute Gasteiger partial charge is 0.317 e. The molecule has 23 heavy (non-hydrogen) atoms. The first-order valence-electron chi connectivity index (χ1n) is 8.22. The predicted octanol–water partition coefficient (Wildman–Crippen LogP) is 2.68. The van der Waals surface area contributed by atoms with Crippen LogP contribution in [-0.4, -0.2) is 44.2 Å². The van der Waals surface area contributed by atoms with E-state index in [0.717, 1.165) is 19.4 Å². The van der Waals surface area contributed by atoms with Crippen LogP contribution in [0.15, 0.2) is 35.2 Å². The van der Waals surface area contributed by atoms with Crippen molar-refractivity contribution in [1.29, 1.82) is 0 Å². The minimum absolute atomic E-state index is 0.0455. The number of benzene rings is 1. The fraction of sp³-hybridized carbons (Fsp3) is 0.588. The van der Waals surface area contributed by atoms with Gasteiger partial charge in [-0.3, -0.25) is 0 Å². The number of urea groups is 1. The summed E-state index contributed by atoms with van der Waals surface area (Å²) in [5.74, 6) is 0.703. The summed E-state index contributed by atoms with van der Waals surface area (Å²) >= 11 is 0. The zero-order chi connectivity index (χ0) is 16.9. The lowest BCUT2D eigenvalue weighted by Gasteiger charge is -2.36. The molecule has 0 radical (unpaired) electrons. The van der Waals surface area contributed by atoms with E-state index in [9.17, 15) is 13.2 Å². The van der Waals surface area contributed by atoms with Gasteiger partial charge in [0, 0.05) is 19.1 Å². The number of carbonyl (C=O) groups is 1. The van der Waals surface area contributed by atoms with E-state index in [4.69, 9.17) is 0 Å². The van der Waals surface area contributed by atoms with Crippen LogP contribution in [0.25, 0.3) is 0 Å². The summed E-state index contributed by atoms with van der Waals surface area (Å²) in [6.07, 6.45) is 2.47. The van der Waals surface area contributed by atoms with E-state index in [1.165, 1.54) is 0 Å². The molecule has 1 N–H and O–H groups in total. The highest BCUT2D eigenvalue weighted by Gasteiger charge is 2.26. The van der Waals surface area contributed by atoms with Crippen LogP contribution in [0.3, 0.4) is 0 Å². The molecule has 0 spiro atoms. The topological polar surface area (TPSA) is 66.5 Å². The van der Waals surface area contributed by atoms with Crippen LogP contribution in [0.5, 0.6) is 0 Å². The van der Waals surface area contributed by atoms with Gasteiger partial charge in [-0.15, -0.1) is 0 Å². The summed E-state index contributed by atoms with van der Waals surface area (Å²) in [4.78, 5) is 14.4. The van der Waals surface area contributed by atoms with E-state index in [0.29, 0.717) is 23.8 Å². The van der Waals surface area contributed by atoms with Gasteiger partial charge in [0.1, 0.15) is 0 Å². The van der Waals surface area contributed by atoms with E-state index in [1.807, 2.05) is 4.90 Å². The van der Waals surface area contributed by atoms with Gasteiger partial charge in [0.05, 0.1) is 10.6 Å². The van der Waals surface area contributed by atoms with Crippen LogP contribution in [0.2, 0.25) is 0 Å². The molecule has 2 amide bonds. The third kappa shape index (κ3) is 4.96. The molecule has 2 rings (SSSR count). The lowest BCUT2D eigenvalue weighted by atomic mass is 9.94. The lowest BCUT2D eigenvalue weighted by molar-refractivity contribution is 0.140. The molecular weight excluding hydrogens is 312 g/mol. The van der Waals surface area contributed by atoms with Crippen molar-refractivity contribution < 1.29 is 13.2 Å². The standard InChI is InChI=1S/C17H26N2O3S/c1-14-9-11-19(15(2)13-14)17(20)18-10-6-12-23(21,22)16-7-4-3-5-8-16/h3-5,7-8,14-15H,6,9-13H2,1-2H3,(H,18,20). The van der Waals surface area contributed by atoms with Gasteiger partial charge in [-0.1, -0.05) is 25.1 Å². The normalized spacial score (nSPS) is 21.9. The van der Waals surface area contributed by atoms with Crippen molar-refractivity contribution in [3.63, 3.8) is 0 Å². The van der Waals surface area contributed by atoms with Crippen molar-refractivity contribution >= 4 is 15.9 Å². The number of nitrogens with one attached hydrogen (secondary N) is 1. The third-order valence-corrected chi connectivity index (χ3v) is 6.18. The molecule has 6 heteroatoms. The van der Waals surface area contributed by atoms with E-state index < -0.39 is 9.84 Å². The van der Waals surface area contributed by atoms with Gasteiger partial charge >= 0.3 is 6.03 Å². The SMILES string of the molecule is CC1CCN(C(=O)NCCCS(=O)(=O)c2ccccc2)C(C)C1. The van der Waals surface area contributed by atoms with Gasteiger partial charge in [0.2, 0.25) is 0 Å². The Hall–Kier alpha value is -1.56. The Kier molecular flexibility index (Phi) is 6.04. The van der Waals surface area contributed by atoms with Crippen LogP contribution in [-0.2, 0) is 9.84 Å². The molecule has 0 aromatic heterocycles. The van der Waals surface area contributed by atoms with E-state index in [1.54, 1.807) is 30.3 Å². The molecule has 0 aliphatic carbocycles. The van der Waals surface area contributed by atoms with Crippen molar-refractivity contribution in [2.24, 2.45) is 5.92 Å². The van der Waals surface area contributed by atoms with Crippen LogP contribution in [0.1, 0.15) is 33.1 Å². The van der Waals surface area contributed by atoms with E-state index >= 15 is 0 Å². The molecule has 5 nitrogen and oxygen atoms in total. The first-order valence-corrected chi connectivity index (χ1v) is 9.87. The van der Waals surface area contributed by atoms with Gasteiger partial charge < -0.3 is 10.2 Å². The molecule has 1 aliphatic rings. The first kappa shape index (κ1) is 17.8. The number of carbonyl (C=O) groups excluding carboxylic acids is 1. The number of rotatable bonds is 5. The molecule has 1 aliphatic heterocycles. The van der Waals surface area contributed by atoms with Crippen molar-refractivity contribution in [1.82, 2.24) is 10.2 Å². The molecule has 1 aromatic carbocycles. The number of nitrogens with zero attached hydrogens (tertiary/aromatic N) is 1. The van der Waals surface area contributed by atoms with E-state index in [2.05, 4.69) is 19.2 Å². The summed E-state index contributed by atoms with van der Waals surface area (Å²) in [6, 6.07) is 8.59. The van der Waals surface area contributed by atoms with Gasteiger partial charge in [0.15, 0.2) is 9.84 Å². The Morgan fingerprint density at radius 2 is 1.96 bits per heavy atom. The molecule has 2 unspecified atom stereocenters. The highest BCUT2D eigenvalue weighted by atomic mass is 32.2. The molecule has 1 saturated heterocycles. The molecular formula is C17H26N2O3S. The van der Waals surface area contributed by atoms with Gasteiger partial charge in [-0.25, -0.2) is 13.2 Å². The maximum absolute atomic E-state index is 12.2. The van der Waals surface area contributed by atoms with Crippen LogP contribution in [0, 0.1) is 5.92 Å². The molecule has 1 fully saturated rings. The summed E-state index contributed by atoms with van der Waals surface area (Å²) < 4.78 is 24.3. The van der Waals surface area contributed by atoms with Crippen LogP contribution < -0.4 is 5.32 Å². The highest BCUT2D eigenvalue weighted by Crippen LogP contribution is 2.21. The lowest BCUT2D eigenvalue weighted by Crippen LogP contribution is -2.49. The van der Waals surface area contributed by atoms with Gasteiger partial charge in [0.25, 0.3) is 0 Å². The highest BCUT2D eigenvalue weighted by molar-refractivity contribution is 7.91. The average Bonchev–Trinajstić information content (AvgIpc) is 2.52. The number of hydrogen-bond acceptors (Lipinski definition) is 3. The first-order chi connectivity index (χ1) is 10.9. The summed E-state index contributed by atoms with van der Waals surface area (Å²) in [5, 5.41) is 2.84. The second-order valence-electron chi connectivity index (χ2n) is 6.39. The second-order valence-corrected chi connectivity index (χ2v) is 8.50. The molecule has 128 valence electrons. The number of hydrogen-bond donors (Lipinski definition) is 1. The predicted molar refractivity (Wildman–Crippen MR) is 91.1 cm³/mol. The monoisotopic (exact) mass is 338 g/mol. The fourth-order valence-corrected chi connectivity index (χ4v) is 4.35. The molecule has 0 bridgehead atoms. The second kappa shape index (κ2) is 7.81. The number of piperidine rings is 1. The van der Waals surface area contributed by atoms with Crippen molar-refractivity contribution in [3.05, 3.63) is 30.3 Å². The van der Waals surface area contributed by atoms with Gasteiger partial charge in [-0.2, -0.15) is 0 Å². The van der Waals surface area contributed by atoms with Gasteiger partial charge in [-0.05, 0) is 44.2 Å². The van der Waals surface area contributed by atoms with Crippen LogP contribution in [0.4, 0.5) is 4.79 Å². The molecule has 0 saturated carbocycles. The Balaban J connectivity index is 1.76. The third-order valence-electron chi connectivity index (χ3n) is 4.37. The van der Waals surface area contributed by atoms with Crippen molar-refractivity contribution in [2.75, 3.05) is 18.8 Å². The molecule has 1 heterocycles. The van der Waals surface area contributed by atoms with E-state index in [-0.39, 0.29) is 17.8 Å². The Labute approximate surface area is 139 Å². The average molecular weight is 338 g/mol. The largest absolute Gasteiger partial charge is 0.338 e. The van der Waals surface area contributed by atoms with Crippen molar-refractivity contribution in [3.8, 4) is 0 Å². The Bertz CT molecular complexity index is 616.